The lowest BCUT2D eigenvalue weighted by molar-refractivity contribution is 0.0180. The average Bonchev–Trinajstić information content (AvgIpc) is 3.18. The third-order valence-corrected chi connectivity index (χ3v) is 10.4. The van der Waals surface area contributed by atoms with Crippen molar-refractivity contribution < 1.29 is 27.4 Å². The molecule has 6 aromatic rings. The van der Waals surface area contributed by atoms with Gasteiger partial charge in [-0.25, -0.2) is 28.2 Å². The molecule has 2 atom stereocenters. The number of nitrogens with zero attached hydrogens (tertiary/aromatic N) is 4. The van der Waals surface area contributed by atoms with Crippen LogP contribution < -0.4 is 14.8 Å². The highest BCUT2D eigenvalue weighted by Gasteiger charge is 2.31. The molecule has 1 fully saturated rings. The number of benzene rings is 4. The summed E-state index contributed by atoms with van der Waals surface area (Å²) in [4.78, 5) is 28.6. The molecule has 4 aromatic carbocycles. The predicted octanol–water partition coefficient (Wildman–Crippen LogP) is 7.57. The van der Waals surface area contributed by atoms with Crippen LogP contribution in [0.2, 0.25) is 0 Å². The number of ether oxygens (including phenoxy) is 3. The molecule has 276 valence electrons. The van der Waals surface area contributed by atoms with Crippen LogP contribution in [0.1, 0.15) is 23.1 Å². The van der Waals surface area contributed by atoms with Crippen LogP contribution >= 0.6 is 0 Å². The lowest BCUT2D eigenvalue weighted by atomic mass is 10.0. The molecule has 0 radical (unpaired) electrons. The maximum atomic E-state index is 13.2. The van der Waals surface area contributed by atoms with Crippen LogP contribution in [0.15, 0.2) is 122 Å². The number of hydrogen-bond acceptors (Lipinski definition) is 10. The number of amides is 1. The first-order valence-corrected chi connectivity index (χ1v) is 19.2. The Balaban J connectivity index is 1.09. The summed E-state index contributed by atoms with van der Waals surface area (Å²) in [5, 5.41) is 4.78. The Morgan fingerprint density at radius 1 is 0.833 bits per heavy atom. The van der Waals surface area contributed by atoms with Crippen LogP contribution in [0.4, 0.5) is 16.4 Å². The van der Waals surface area contributed by atoms with Gasteiger partial charge in [0, 0.05) is 42.9 Å². The summed E-state index contributed by atoms with van der Waals surface area (Å²) in [6.45, 7) is 2.90. The standard InChI is InChI=1S/C41H40N6O6S/c1-28-18-19-33-34(15-9-17-37(33)46-54(49,50)27-30-13-7-4-8-14-30)38(28)53-39-35(16-10-21-42-39)36-20-22-43-40(45-36)44-31-23-32(51-2)25-47(24-31)41(48)52-26-29-11-5-3-6-12-29/h3-22,31-32,46H,23-27H2,1-2H3,(H,43,44,45)/t31-,32+/m0/s1. The summed E-state index contributed by atoms with van der Waals surface area (Å²) in [5.74, 6) is 1.07. The summed E-state index contributed by atoms with van der Waals surface area (Å²) in [5.41, 5.74) is 4.08. The van der Waals surface area contributed by atoms with E-state index in [-0.39, 0.29) is 24.5 Å². The van der Waals surface area contributed by atoms with Crippen LogP contribution in [0, 0.1) is 6.92 Å². The van der Waals surface area contributed by atoms with Gasteiger partial charge in [0.1, 0.15) is 12.4 Å². The van der Waals surface area contributed by atoms with E-state index in [0.717, 1.165) is 11.1 Å². The fourth-order valence-electron chi connectivity index (χ4n) is 6.47. The predicted molar refractivity (Wildman–Crippen MR) is 208 cm³/mol. The lowest BCUT2D eigenvalue weighted by Crippen LogP contribution is -2.51. The number of aryl methyl sites for hydroxylation is 1. The van der Waals surface area contributed by atoms with Gasteiger partial charge in [-0.15, -0.1) is 0 Å². The van der Waals surface area contributed by atoms with Crippen molar-refractivity contribution in [1.29, 1.82) is 0 Å². The van der Waals surface area contributed by atoms with E-state index < -0.39 is 16.1 Å². The SMILES string of the molecule is CO[C@@H]1C[C@H](Nc2nccc(-c3cccnc3Oc3c(C)ccc4c(NS(=O)(=O)Cc5ccccc5)cccc34)n2)CN(C(=O)OCc2ccccc2)C1. The number of piperidine rings is 1. The summed E-state index contributed by atoms with van der Waals surface area (Å²) >= 11 is 0. The maximum absolute atomic E-state index is 13.2. The van der Waals surface area contributed by atoms with Crippen LogP contribution in [-0.2, 0) is 31.9 Å². The Morgan fingerprint density at radius 2 is 1.61 bits per heavy atom. The number of rotatable bonds is 12. The monoisotopic (exact) mass is 744 g/mol. The lowest BCUT2D eigenvalue weighted by Gasteiger charge is -2.36. The topological polar surface area (TPSA) is 145 Å². The Kier molecular flexibility index (Phi) is 11.0. The summed E-state index contributed by atoms with van der Waals surface area (Å²) in [7, 11) is -2.07. The van der Waals surface area contributed by atoms with Gasteiger partial charge < -0.3 is 24.4 Å². The van der Waals surface area contributed by atoms with E-state index in [0.29, 0.717) is 70.4 Å². The van der Waals surface area contributed by atoms with Crippen molar-refractivity contribution in [1.82, 2.24) is 19.9 Å². The van der Waals surface area contributed by atoms with Crippen LogP contribution in [0.3, 0.4) is 0 Å². The number of pyridine rings is 1. The first-order valence-electron chi connectivity index (χ1n) is 17.5. The molecule has 0 unspecified atom stereocenters. The molecule has 54 heavy (non-hydrogen) atoms. The second kappa shape index (κ2) is 16.3. The molecular formula is C41H40N6O6S. The van der Waals surface area contributed by atoms with Gasteiger partial charge in [-0.3, -0.25) is 4.72 Å². The van der Waals surface area contributed by atoms with E-state index in [1.165, 1.54) is 0 Å². The zero-order chi connectivity index (χ0) is 37.5. The minimum atomic E-state index is -3.70. The zero-order valence-electron chi connectivity index (χ0n) is 29.9. The third-order valence-electron chi connectivity index (χ3n) is 9.12. The van der Waals surface area contributed by atoms with Crippen LogP contribution in [0.5, 0.6) is 11.6 Å². The number of carbonyl (C=O) groups is 1. The van der Waals surface area contributed by atoms with Gasteiger partial charge in [0.15, 0.2) is 0 Å². The largest absolute Gasteiger partial charge is 0.445 e. The molecule has 1 amide bonds. The molecule has 1 aliphatic heterocycles. The minimum absolute atomic E-state index is 0.153. The normalized spacial score (nSPS) is 15.8. The number of anilines is 2. The van der Waals surface area contributed by atoms with E-state index >= 15 is 0 Å². The number of sulfonamides is 1. The summed E-state index contributed by atoms with van der Waals surface area (Å²) in [6.07, 6.45) is 3.31. The van der Waals surface area contributed by atoms with Crippen molar-refractivity contribution in [3.63, 3.8) is 0 Å². The average molecular weight is 745 g/mol. The first kappa shape index (κ1) is 36.3. The van der Waals surface area contributed by atoms with E-state index in [1.54, 1.807) is 60.8 Å². The number of likely N-dealkylation sites (tertiary alicyclic amines) is 1. The summed E-state index contributed by atoms with van der Waals surface area (Å²) < 4.78 is 46.9. The summed E-state index contributed by atoms with van der Waals surface area (Å²) in [6, 6.07) is 33.0. The van der Waals surface area contributed by atoms with Crippen molar-refractivity contribution in [3.8, 4) is 22.9 Å². The molecule has 0 bridgehead atoms. The minimum Gasteiger partial charge on any atom is -0.445 e. The molecule has 1 saturated heterocycles. The molecule has 0 spiro atoms. The number of nitrogens with one attached hydrogen (secondary N) is 2. The molecule has 3 heterocycles. The fourth-order valence-corrected chi connectivity index (χ4v) is 7.69. The smallest absolute Gasteiger partial charge is 0.410 e. The molecule has 7 rings (SSSR count). The number of fused-ring (bicyclic) bond motifs is 1. The van der Waals surface area contributed by atoms with Gasteiger partial charge in [-0.1, -0.05) is 84.9 Å². The zero-order valence-corrected chi connectivity index (χ0v) is 30.7. The number of methoxy groups -OCH3 is 1. The van der Waals surface area contributed by atoms with Crippen LogP contribution in [-0.4, -0.2) is 66.7 Å². The molecule has 13 heteroatoms. The highest BCUT2D eigenvalue weighted by atomic mass is 32.2. The van der Waals surface area contributed by atoms with E-state index in [4.69, 9.17) is 19.2 Å². The maximum Gasteiger partial charge on any atom is 0.410 e. The number of carbonyl (C=O) groups excluding carboxylic acids is 1. The van der Waals surface area contributed by atoms with Crippen molar-refractivity contribution in [2.24, 2.45) is 0 Å². The third kappa shape index (κ3) is 8.76. The molecule has 0 aliphatic carbocycles. The fraction of sp³-hybridized carbons (Fsp3) is 0.220. The van der Waals surface area contributed by atoms with E-state index in [1.807, 2.05) is 79.7 Å². The quantitative estimate of drug-likeness (QED) is 0.129. The second-order valence-electron chi connectivity index (χ2n) is 13.1. The van der Waals surface area contributed by atoms with Crippen molar-refractivity contribution >= 4 is 38.5 Å². The van der Waals surface area contributed by atoms with Gasteiger partial charge in [0.2, 0.25) is 21.9 Å². The van der Waals surface area contributed by atoms with E-state index in [9.17, 15) is 13.2 Å². The molecule has 1 aliphatic rings. The van der Waals surface area contributed by atoms with Crippen LogP contribution in [0.25, 0.3) is 22.0 Å². The highest BCUT2D eigenvalue weighted by molar-refractivity contribution is 7.91. The first-order chi connectivity index (χ1) is 26.2. The Morgan fingerprint density at radius 3 is 2.39 bits per heavy atom. The van der Waals surface area contributed by atoms with Crippen molar-refractivity contribution in [2.45, 2.75) is 37.9 Å². The van der Waals surface area contributed by atoms with Crippen molar-refractivity contribution in [2.75, 3.05) is 30.2 Å². The second-order valence-corrected chi connectivity index (χ2v) is 14.8. The van der Waals surface area contributed by atoms with Gasteiger partial charge in [0.05, 0.1) is 35.3 Å². The van der Waals surface area contributed by atoms with E-state index in [2.05, 4.69) is 20.0 Å². The van der Waals surface area contributed by atoms with Gasteiger partial charge in [-0.2, -0.15) is 0 Å². The highest BCUT2D eigenvalue weighted by Crippen LogP contribution is 2.39. The van der Waals surface area contributed by atoms with Gasteiger partial charge in [-0.05, 0) is 54.3 Å². The van der Waals surface area contributed by atoms with Crippen molar-refractivity contribution in [3.05, 3.63) is 138 Å². The van der Waals surface area contributed by atoms with Gasteiger partial charge >= 0.3 is 6.09 Å². The number of aromatic nitrogens is 3. The molecule has 2 aromatic heterocycles. The Bertz CT molecular complexity index is 2350. The van der Waals surface area contributed by atoms with Gasteiger partial charge in [0.25, 0.3) is 0 Å². The molecule has 12 nitrogen and oxygen atoms in total. The Labute approximate surface area is 314 Å². The Hall–Kier alpha value is -6.05. The molecule has 0 saturated carbocycles. The number of hydrogen-bond donors (Lipinski definition) is 2. The molecule has 2 N–H and O–H groups in total. The molecular weight excluding hydrogens is 705 g/mol.